The molecule has 1 aliphatic heterocycles. The van der Waals surface area contributed by atoms with Gasteiger partial charge in [-0.25, -0.2) is 13.6 Å². The number of carbonyl (C=O) groups is 2. The van der Waals surface area contributed by atoms with Crippen molar-refractivity contribution in [3.63, 3.8) is 0 Å². The predicted molar refractivity (Wildman–Crippen MR) is 145 cm³/mol. The van der Waals surface area contributed by atoms with Crippen LogP contribution in [-0.2, 0) is 26.0 Å². The molecule has 1 saturated heterocycles. The highest BCUT2D eigenvalue weighted by atomic mass is 79.9. The summed E-state index contributed by atoms with van der Waals surface area (Å²) in [4.78, 5) is 27.9. The molecule has 0 saturated carbocycles. The molecule has 37 heavy (non-hydrogen) atoms. The Hall–Kier alpha value is -3.27. The van der Waals surface area contributed by atoms with Crippen LogP contribution in [0.4, 0.5) is 0 Å². The van der Waals surface area contributed by atoms with Gasteiger partial charge in [-0.05, 0) is 53.3 Å². The number of ketones is 1. The Morgan fingerprint density at radius 3 is 2.11 bits per heavy atom. The van der Waals surface area contributed by atoms with Gasteiger partial charge < -0.3 is 10.0 Å². The topological polar surface area (TPSA) is 118 Å². The Kier molecular flexibility index (Phi) is 7.68. The van der Waals surface area contributed by atoms with E-state index in [4.69, 9.17) is 5.14 Å². The molecule has 1 heterocycles. The van der Waals surface area contributed by atoms with Crippen LogP contribution in [0.15, 0.2) is 87.7 Å². The van der Waals surface area contributed by atoms with Crippen LogP contribution in [-0.4, -0.2) is 36.7 Å². The maximum atomic E-state index is 13.2. The summed E-state index contributed by atoms with van der Waals surface area (Å²) in [6.07, 6.45) is 0.372. The number of rotatable bonds is 7. The molecule has 0 radical (unpaired) electrons. The maximum absolute atomic E-state index is 13.2. The molecule has 1 amide bonds. The van der Waals surface area contributed by atoms with E-state index in [1.54, 1.807) is 36.4 Å². The number of halogens is 1. The third-order valence-corrected chi connectivity index (χ3v) is 7.93. The molecule has 1 fully saturated rings. The van der Waals surface area contributed by atoms with Crippen LogP contribution in [0.3, 0.4) is 0 Å². The third kappa shape index (κ3) is 5.69. The van der Waals surface area contributed by atoms with Crippen molar-refractivity contribution in [3.8, 4) is 0 Å². The van der Waals surface area contributed by atoms with Gasteiger partial charge in [0.15, 0.2) is 0 Å². The Morgan fingerprint density at radius 1 is 0.973 bits per heavy atom. The average molecular weight is 584 g/mol. The molecular formula is C28H27BrN2O5S. The first-order valence-corrected chi connectivity index (χ1v) is 14.1. The monoisotopic (exact) mass is 582 g/mol. The molecule has 0 aliphatic carbocycles. The first-order chi connectivity index (χ1) is 17.5. The van der Waals surface area contributed by atoms with Gasteiger partial charge in [-0.3, -0.25) is 9.59 Å². The van der Waals surface area contributed by atoms with Crippen molar-refractivity contribution in [1.29, 1.82) is 0 Å². The third-order valence-electron chi connectivity index (χ3n) is 6.47. The first kappa shape index (κ1) is 26.8. The van der Waals surface area contributed by atoms with Crippen LogP contribution < -0.4 is 5.14 Å². The molecule has 3 aromatic carbocycles. The molecule has 9 heteroatoms. The lowest BCUT2D eigenvalue weighted by Crippen LogP contribution is -2.31. The van der Waals surface area contributed by atoms with Crippen LogP contribution in [0.5, 0.6) is 0 Å². The van der Waals surface area contributed by atoms with Crippen molar-refractivity contribution in [2.75, 3.05) is 6.54 Å². The summed E-state index contributed by atoms with van der Waals surface area (Å²) in [6, 6.07) is 19.9. The van der Waals surface area contributed by atoms with Gasteiger partial charge in [0.05, 0.1) is 16.5 Å². The van der Waals surface area contributed by atoms with Crippen molar-refractivity contribution in [3.05, 3.63) is 105 Å². The summed E-state index contributed by atoms with van der Waals surface area (Å²) in [5, 5.41) is 16.4. The fourth-order valence-corrected chi connectivity index (χ4v) is 5.16. The summed E-state index contributed by atoms with van der Waals surface area (Å²) in [5.74, 6) is -1.37. The molecule has 1 atom stereocenters. The molecule has 0 aromatic heterocycles. The van der Waals surface area contributed by atoms with Gasteiger partial charge >= 0.3 is 0 Å². The van der Waals surface area contributed by atoms with Crippen molar-refractivity contribution in [2.24, 2.45) is 5.14 Å². The lowest BCUT2D eigenvalue weighted by molar-refractivity contribution is -0.139. The zero-order valence-electron chi connectivity index (χ0n) is 20.4. The number of amides is 1. The van der Waals surface area contributed by atoms with Crippen LogP contribution in [0.2, 0.25) is 0 Å². The van der Waals surface area contributed by atoms with Crippen LogP contribution in [0, 0.1) is 0 Å². The summed E-state index contributed by atoms with van der Waals surface area (Å²) in [5.41, 5.74) is 3.07. The van der Waals surface area contributed by atoms with E-state index < -0.39 is 27.8 Å². The van der Waals surface area contributed by atoms with E-state index in [1.807, 2.05) is 24.3 Å². The Morgan fingerprint density at radius 2 is 1.57 bits per heavy atom. The highest BCUT2D eigenvalue weighted by Gasteiger charge is 2.45. The fraction of sp³-hybridized carbons (Fsp3) is 0.214. The quantitative estimate of drug-likeness (QED) is 0.234. The van der Waals surface area contributed by atoms with Gasteiger partial charge in [0, 0.05) is 16.6 Å². The van der Waals surface area contributed by atoms with E-state index in [1.165, 1.54) is 17.0 Å². The highest BCUT2D eigenvalue weighted by molar-refractivity contribution is 9.10. The Labute approximate surface area is 224 Å². The van der Waals surface area contributed by atoms with Crippen LogP contribution in [0.1, 0.15) is 48.1 Å². The van der Waals surface area contributed by atoms with Gasteiger partial charge in [-0.15, -0.1) is 0 Å². The second-order valence-electron chi connectivity index (χ2n) is 9.26. The van der Waals surface area contributed by atoms with Gasteiger partial charge in [0.1, 0.15) is 5.76 Å². The van der Waals surface area contributed by atoms with E-state index in [2.05, 4.69) is 29.8 Å². The van der Waals surface area contributed by atoms with Crippen LogP contribution in [0.25, 0.3) is 5.76 Å². The number of Topliss-reactive ketones (excluding diaryl/α,β-unsaturated/α-hetero) is 1. The molecule has 192 valence electrons. The summed E-state index contributed by atoms with van der Waals surface area (Å²) >= 11 is 3.37. The molecular weight excluding hydrogens is 556 g/mol. The number of sulfonamides is 1. The minimum atomic E-state index is -3.81. The maximum Gasteiger partial charge on any atom is 0.295 e. The zero-order valence-corrected chi connectivity index (χ0v) is 22.8. The van der Waals surface area contributed by atoms with Gasteiger partial charge in [-0.2, -0.15) is 0 Å². The molecule has 3 N–H and O–H groups in total. The number of nitrogens with two attached hydrogens (primary N) is 1. The van der Waals surface area contributed by atoms with Crippen molar-refractivity contribution in [2.45, 2.75) is 37.1 Å². The molecule has 0 bridgehead atoms. The highest BCUT2D eigenvalue weighted by Crippen LogP contribution is 2.40. The number of hydrogen-bond acceptors (Lipinski definition) is 5. The summed E-state index contributed by atoms with van der Waals surface area (Å²) in [6.45, 7) is 4.35. The SMILES string of the molecule is CC(C)c1ccc([C@H]2C(=C(O)c3ccc(Br)cc3)C(=O)C(=O)N2CCc2ccc(S(N)(=O)=O)cc2)cc1. The number of aliphatic hydroxyl groups is 1. The minimum absolute atomic E-state index is 0.00330. The lowest BCUT2D eigenvalue weighted by Gasteiger charge is -2.26. The zero-order chi connectivity index (χ0) is 26.9. The number of aliphatic hydroxyl groups excluding tert-OH is 1. The predicted octanol–water partition coefficient (Wildman–Crippen LogP) is 4.88. The fourth-order valence-electron chi connectivity index (χ4n) is 4.38. The van der Waals surface area contributed by atoms with E-state index >= 15 is 0 Å². The minimum Gasteiger partial charge on any atom is -0.507 e. The van der Waals surface area contributed by atoms with Gasteiger partial charge in [-0.1, -0.05) is 78.3 Å². The number of carbonyl (C=O) groups excluding carboxylic acids is 2. The number of hydrogen-bond donors (Lipinski definition) is 2. The summed E-state index contributed by atoms with van der Waals surface area (Å²) in [7, 11) is -3.81. The first-order valence-electron chi connectivity index (χ1n) is 11.7. The number of nitrogens with zero attached hydrogens (tertiary/aromatic N) is 1. The van der Waals surface area contributed by atoms with Gasteiger partial charge in [0.2, 0.25) is 10.0 Å². The van der Waals surface area contributed by atoms with E-state index in [-0.39, 0.29) is 22.8 Å². The number of primary sulfonamides is 1. The van der Waals surface area contributed by atoms with E-state index in [9.17, 15) is 23.1 Å². The molecule has 7 nitrogen and oxygen atoms in total. The van der Waals surface area contributed by atoms with Gasteiger partial charge in [0.25, 0.3) is 11.7 Å². The molecule has 1 aliphatic rings. The van der Waals surface area contributed by atoms with E-state index in [0.717, 1.165) is 15.6 Å². The van der Waals surface area contributed by atoms with E-state index in [0.29, 0.717) is 23.5 Å². The van der Waals surface area contributed by atoms with Crippen molar-refractivity contribution < 1.29 is 23.1 Å². The van der Waals surface area contributed by atoms with Crippen molar-refractivity contribution >= 4 is 43.4 Å². The molecule has 0 spiro atoms. The largest absolute Gasteiger partial charge is 0.507 e. The van der Waals surface area contributed by atoms with Crippen molar-refractivity contribution in [1.82, 2.24) is 4.90 Å². The summed E-state index contributed by atoms with van der Waals surface area (Å²) < 4.78 is 23.9. The van der Waals surface area contributed by atoms with Crippen LogP contribution >= 0.6 is 15.9 Å². The lowest BCUT2D eigenvalue weighted by atomic mass is 9.93. The Balaban J connectivity index is 1.73. The second-order valence-corrected chi connectivity index (χ2v) is 11.7. The standard InChI is InChI=1S/C28H27BrN2O5S/c1-17(2)19-5-7-20(8-6-19)25-24(26(32)21-9-11-22(29)12-10-21)27(33)28(34)31(25)16-15-18-3-13-23(14-4-18)37(30,35)36/h3-14,17,25,32H,15-16H2,1-2H3,(H2,30,35,36)/t25-/m0/s1. The number of likely N-dealkylation sites (tertiary alicyclic amines) is 1. The molecule has 3 aromatic rings. The molecule has 0 unspecified atom stereocenters. The molecule has 4 rings (SSSR count). The average Bonchev–Trinajstić information content (AvgIpc) is 3.12. The number of benzene rings is 3. The second kappa shape index (κ2) is 10.6. The Bertz CT molecular complexity index is 1460. The smallest absolute Gasteiger partial charge is 0.295 e. The normalized spacial score (nSPS) is 17.5.